The van der Waals surface area contributed by atoms with Crippen LogP contribution >= 0.6 is 34.5 Å². The van der Waals surface area contributed by atoms with Gasteiger partial charge in [0.05, 0.1) is 5.69 Å². The molecule has 0 saturated carbocycles. The van der Waals surface area contributed by atoms with Crippen LogP contribution in [0.25, 0.3) is 0 Å². The molecule has 0 radical (unpaired) electrons. The second-order valence-electron chi connectivity index (χ2n) is 5.89. The zero-order valence-corrected chi connectivity index (χ0v) is 16.7. The summed E-state index contributed by atoms with van der Waals surface area (Å²) in [5.74, 6) is -0.607. The highest BCUT2D eigenvalue weighted by Crippen LogP contribution is 2.22. The number of aryl methyl sites for hydroxylation is 2. The fourth-order valence-electron chi connectivity index (χ4n) is 2.17. The fourth-order valence-corrected chi connectivity index (χ4v) is 3.53. The summed E-state index contributed by atoms with van der Waals surface area (Å²) in [6.07, 6.45) is 0. The van der Waals surface area contributed by atoms with Crippen LogP contribution in [-0.4, -0.2) is 34.3 Å². The molecule has 2 aromatic rings. The smallest absolute Gasteiger partial charge is 0.254 e. The van der Waals surface area contributed by atoms with Crippen LogP contribution in [0, 0.1) is 13.8 Å². The van der Waals surface area contributed by atoms with Gasteiger partial charge in [0.25, 0.3) is 5.91 Å². The van der Waals surface area contributed by atoms with Crippen molar-refractivity contribution in [3.8, 4) is 0 Å². The van der Waals surface area contributed by atoms with E-state index in [9.17, 15) is 9.59 Å². The zero-order valence-electron chi connectivity index (χ0n) is 14.4. The number of hydrogen-bond acceptors (Lipinski definition) is 4. The van der Waals surface area contributed by atoms with Gasteiger partial charge in [-0.15, -0.1) is 11.3 Å². The number of aromatic nitrogens is 1. The minimum absolute atomic E-state index is 0.0850. The van der Waals surface area contributed by atoms with Crippen LogP contribution in [0.1, 0.15) is 34.8 Å². The number of nitrogens with one attached hydrogen (secondary N) is 1. The Kier molecular flexibility index (Phi) is 6.43. The van der Waals surface area contributed by atoms with E-state index in [1.807, 2.05) is 27.7 Å². The Balaban J connectivity index is 2.14. The predicted octanol–water partition coefficient (Wildman–Crippen LogP) is 4.56. The number of hydrogen-bond donors (Lipinski definition) is 1. The van der Waals surface area contributed by atoms with Crippen molar-refractivity contribution in [3.05, 3.63) is 44.4 Å². The van der Waals surface area contributed by atoms with Crippen LogP contribution in [-0.2, 0) is 4.79 Å². The monoisotopic (exact) mass is 399 g/mol. The molecular weight excluding hydrogens is 381 g/mol. The average Bonchev–Trinajstić information content (AvgIpc) is 2.80. The van der Waals surface area contributed by atoms with Gasteiger partial charge >= 0.3 is 0 Å². The van der Waals surface area contributed by atoms with E-state index in [2.05, 4.69) is 10.3 Å². The minimum atomic E-state index is -0.305. The van der Waals surface area contributed by atoms with E-state index in [0.717, 1.165) is 10.6 Å². The van der Waals surface area contributed by atoms with E-state index < -0.39 is 0 Å². The van der Waals surface area contributed by atoms with Gasteiger partial charge in [-0.1, -0.05) is 23.2 Å². The van der Waals surface area contributed by atoms with Crippen LogP contribution in [0.3, 0.4) is 0 Å². The maximum absolute atomic E-state index is 12.8. The fraction of sp³-hybridized carbons (Fsp3) is 0.353. The number of halogens is 2. The highest BCUT2D eigenvalue weighted by Gasteiger charge is 2.23. The molecule has 0 aliphatic rings. The Morgan fingerprint density at radius 3 is 2.28 bits per heavy atom. The quantitative estimate of drug-likeness (QED) is 0.801. The number of carbonyl (C=O) groups is 2. The summed E-state index contributed by atoms with van der Waals surface area (Å²) in [5, 5.41) is 4.02. The summed E-state index contributed by atoms with van der Waals surface area (Å²) in [6.45, 7) is 7.42. The first kappa shape index (κ1) is 19.7. The van der Waals surface area contributed by atoms with Crippen LogP contribution < -0.4 is 5.32 Å². The summed E-state index contributed by atoms with van der Waals surface area (Å²) in [7, 11) is 0. The number of nitrogens with zero attached hydrogens (tertiary/aromatic N) is 2. The maximum atomic E-state index is 12.8. The van der Waals surface area contributed by atoms with E-state index in [1.165, 1.54) is 28.4 Å². The predicted molar refractivity (Wildman–Crippen MR) is 103 cm³/mol. The standard InChI is InChI=1S/C17H19Cl2N3O2S/c1-9(2)22(16(24)12-5-13(18)7-14(19)6-12)8-15(23)21-17-20-10(3)11(4)25-17/h5-7,9H,8H2,1-4H3,(H,20,21,23). The molecule has 0 atom stereocenters. The van der Waals surface area contributed by atoms with Crippen molar-refractivity contribution < 1.29 is 9.59 Å². The van der Waals surface area contributed by atoms with E-state index in [4.69, 9.17) is 23.2 Å². The second-order valence-corrected chi connectivity index (χ2v) is 7.97. The summed E-state index contributed by atoms with van der Waals surface area (Å²) < 4.78 is 0. The summed E-state index contributed by atoms with van der Waals surface area (Å²) >= 11 is 13.3. The highest BCUT2D eigenvalue weighted by atomic mass is 35.5. The lowest BCUT2D eigenvalue weighted by Gasteiger charge is -2.26. The van der Waals surface area contributed by atoms with Gasteiger partial charge in [0.2, 0.25) is 5.91 Å². The molecule has 5 nitrogen and oxygen atoms in total. The molecule has 134 valence electrons. The lowest BCUT2D eigenvalue weighted by Crippen LogP contribution is -2.42. The topological polar surface area (TPSA) is 62.3 Å². The van der Waals surface area contributed by atoms with Crippen LogP contribution in [0.15, 0.2) is 18.2 Å². The lowest BCUT2D eigenvalue weighted by atomic mass is 10.1. The lowest BCUT2D eigenvalue weighted by molar-refractivity contribution is -0.117. The Labute approximate surface area is 161 Å². The molecule has 1 heterocycles. The molecule has 0 bridgehead atoms. The van der Waals surface area contributed by atoms with Crippen molar-refractivity contribution in [2.24, 2.45) is 0 Å². The SMILES string of the molecule is Cc1nc(NC(=O)CN(C(=O)c2cc(Cl)cc(Cl)c2)C(C)C)sc1C. The second kappa shape index (κ2) is 8.17. The zero-order chi connectivity index (χ0) is 18.7. The number of amides is 2. The number of benzene rings is 1. The molecule has 25 heavy (non-hydrogen) atoms. The Bertz CT molecular complexity index is 765. The maximum Gasteiger partial charge on any atom is 0.254 e. The molecule has 0 aliphatic heterocycles. The van der Waals surface area contributed by atoms with Crippen molar-refractivity contribution in [2.75, 3.05) is 11.9 Å². The van der Waals surface area contributed by atoms with E-state index in [0.29, 0.717) is 20.7 Å². The van der Waals surface area contributed by atoms with Gasteiger partial charge in [-0.2, -0.15) is 0 Å². The van der Waals surface area contributed by atoms with Gasteiger partial charge in [-0.25, -0.2) is 4.98 Å². The molecule has 1 N–H and O–H groups in total. The molecule has 0 spiro atoms. The molecule has 0 fully saturated rings. The first-order valence-corrected chi connectivity index (χ1v) is 9.25. The van der Waals surface area contributed by atoms with Gasteiger partial charge in [-0.3, -0.25) is 9.59 Å². The van der Waals surface area contributed by atoms with E-state index in [-0.39, 0.29) is 24.4 Å². The number of anilines is 1. The van der Waals surface area contributed by atoms with Crippen LogP contribution in [0.2, 0.25) is 10.0 Å². The van der Waals surface area contributed by atoms with Crippen molar-refractivity contribution in [1.29, 1.82) is 0 Å². The average molecular weight is 400 g/mol. The van der Waals surface area contributed by atoms with Crippen LogP contribution in [0.4, 0.5) is 5.13 Å². The van der Waals surface area contributed by atoms with Crippen LogP contribution in [0.5, 0.6) is 0 Å². The highest BCUT2D eigenvalue weighted by molar-refractivity contribution is 7.15. The summed E-state index contributed by atoms with van der Waals surface area (Å²) in [4.78, 5) is 31.9. The number of thiazole rings is 1. The summed E-state index contributed by atoms with van der Waals surface area (Å²) in [5.41, 5.74) is 1.23. The van der Waals surface area contributed by atoms with E-state index in [1.54, 1.807) is 6.07 Å². The molecule has 0 aliphatic carbocycles. The summed E-state index contributed by atoms with van der Waals surface area (Å²) in [6, 6.07) is 4.46. The largest absolute Gasteiger partial charge is 0.327 e. The van der Waals surface area contributed by atoms with Gasteiger partial charge in [0.1, 0.15) is 6.54 Å². The first-order chi connectivity index (χ1) is 11.7. The van der Waals surface area contributed by atoms with Crippen molar-refractivity contribution in [3.63, 3.8) is 0 Å². The molecule has 8 heteroatoms. The van der Waals surface area contributed by atoms with Crippen molar-refractivity contribution >= 4 is 51.5 Å². The van der Waals surface area contributed by atoms with Crippen molar-refractivity contribution in [1.82, 2.24) is 9.88 Å². The van der Waals surface area contributed by atoms with Gasteiger partial charge in [0, 0.05) is 26.5 Å². The molecule has 0 saturated heterocycles. The third-order valence-electron chi connectivity index (χ3n) is 3.58. The Morgan fingerprint density at radius 1 is 1.20 bits per heavy atom. The Hall–Kier alpha value is -1.63. The van der Waals surface area contributed by atoms with Gasteiger partial charge in [-0.05, 0) is 45.9 Å². The third kappa shape index (κ3) is 5.17. The molecule has 2 amide bonds. The van der Waals surface area contributed by atoms with Crippen molar-refractivity contribution in [2.45, 2.75) is 33.7 Å². The van der Waals surface area contributed by atoms with Gasteiger partial charge < -0.3 is 10.2 Å². The minimum Gasteiger partial charge on any atom is -0.327 e. The molecule has 2 rings (SSSR count). The number of carbonyl (C=O) groups excluding carboxylic acids is 2. The molecule has 1 aromatic heterocycles. The Morgan fingerprint density at radius 2 is 1.80 bits per heavy atom. The van der Waals surface area contributed by atoms with E-state index >= 15 is 0 Å². The first-order valence-electron chi connectivity index (χ1n) is 7.68. The third-order valence-corrected chi connectivity index (χ3v) is 5.01. The van der Waals surface area contributed by atoms with Gasteiger partial charge in [0.15, 0.2) is 5.13 Å². The molecule has 1 aromatic carbocycles. The number of rotatable bonds is 5. The molecule has 0 unspecified atom stereocenters. The molecular formula is C17H19Cl2N3O2S. The normalized spacial score (nSPS) is 10.8.